The van der Waals surface area contributed by atoms with Crippen molar-refractivity contribution in [3.05, 3.63) is 56.8 Å². The second-order valence-electron chi connectivity index (χ2n) is 7.09. The Bertz CT molecular complexity index is 1320. The van der Waals surface area contributed by atoms with E-state index in [-0.39, 0.29) is 49.1 Å². The standard InChI is InChI=1S/C20H13ClF4N4O3S/c1-7-5-12(20(23,24)25)27-19-13(7)15(16(33-19)17(26)30)28-18(31)11-6-10(29-32-11)14-8(21)3-2-4-9(14)22/h2-5,11H,6H2,1H3,(H2,26,30)(H,28,31). The molecule has 1 aromatic carbocycles. The van der Waals surface area contributed by atoms with Crippen LogP contribution in [0.15, 0.2) is 29.4 Å². The number of hydrogen-bond acceptors (Lipinski definition) is 6. The topological polar surface area (TPSA) is 107 Å². The lowest BCUT2D eigenvalue weighted by atomic mass is 10.0. The lowest BCUT2D eigenvalue weighted by Gasteiger charge is -2.12. The van der Waals surface area contributed by atoms with Crippen LogP contribution in [-0.2, 0) is 15.8 Å². The van der Waals surface area contributed by atoms with Gasteiger partial charge in [-0.3, -0.25) is 9.59 Å². The molecule has 2 aromatic heterocycles. The molecule has 1 unspecified atom stereocenters. The van der Waals surface area contributed by atoms with Gasteiger partial charge in [-0.2, -0.15) is 13.2 Å². The molecule has 33 heavy (non-hydrogen) atoms. The predicted octanol–water partition coefficient (Wildman–Crippen LogP) is 4.65. The maximum Gasteiger partial charge on any atom is 0.433 e. The highest BCUT2D eigenvalue weighted by Gasteiger charge is 2.36. The minimum absolute atomic E-state index is 0.00648. The Morgan fingerprint density at radius 3 is 2.70 bits per heavy atom. The number of aryl methyl sites for hydroxylation is 1. The van der Waals surface area contributed by atoms with Crippen LogP contribution in [0, 0.1) is 12.7 Å². The van der Waals surface area contributed by atoms with Crippen molar-refractivity contribution in [3.8, 4) is 0 Å². The molecule has 1 aliphatic rings. The number of thiophene rings is 1. The molecule has 1 atom stereocenters. The third-order valence-electron chi connectivity index (χ3n) is 4.83. The predicted molar refractivity (Wildman–Crippen MR) is 114 cm³/mol. The molecule has 4 rings (SSSR count). The summed E-state index contributed by atoms with van der Waals surface area (Å²) in [5.74, 6) is -2.36. The minimum atomic E-state index is -4.70. The van der Waals surface area contributed by atoms with Crippen molar-refractivity contribution in [2.24, 2.45) is 10.9 Å². The van der Waals surface area contributed by atoms with Crippen LogP contribution in [0.25, 0.3) is 10.2 Å². The van der Waals surface area contributed by atoms with Crippen molar-refractivity contribution < 1.29 is 32.0 Å². The zero-order chi connectivity index (χ0) is 24.1. The van der Waals surface area contributed by atoms with Crippen LogP contribution in [0.5, 0.6) is 0 Å². The molecule has 3 aromatic rings. The Morgan fingerprint density at radius 2 is 2.06 bits per heavy atom. The summed E-state index contributed by atoms with van der Waals surface area (Å²) in [6.07, 6.45) is -6.02. The lowest BCUT2D eigenvalue weighted by molar-refractivity contribution is -0.141. The molecule has 7 nitrogen and oxygen atoms in total. The van der Waals surface area contributed by atoms with Gasteiger partial charge in [0.25, 0.3) is 11.8 Å². The van der Waals surface area contributed by atoms with Crippen molar-refractivity contribution in [3.63, 3.8) is 0 Å². The number of rotatable bonds is 4. The second-order valence-corrected chi connectivity index (χ2v) is 8.50. The fourth-order valence-electron chi connectivity index (χ4n) is 3.36. The number of aromatic nitrogens is 1. The first kappa shape index (κ1) is 22.9. The number of nitrogens with one attached hydrogen (secondary N) is 1. The van der Waals surface area contributed by atoms with Crippen LogP contribution >= 0.6 is 22.9 Å². The lowest BCUT2D eigenvalue weighted by Crippen LogP contribution is -2.29. The van der Waals surface area contributed by atoms with Crippen LogP contribution in [-0.4, -0.2) is 28.6 Å². The molecular formula is C20H13ClF4N4O3S. The number of carbonyl (C=O) groups excluding carboxylic acids is 2. The van der Waals surface area contributed by atoms with Gasteiger partial charge in [0, 0.05) is 11.8 Å². The Balaban J connectivity index is 1.65. The number of hydrogen-bond donors (Lipinski definition) is 2. The first-order chi connectivity index (χ1) is 15.5. The molecule has 2 amide bonds. The summed E-state index contributed by atoms with van der Waals surface area (Å²) in [6, 6.07) is 4.86. The molecule has 3 heterocycles. The molecule has 0 saturated heterocycles. The molecule has 1 aliphatic heterocycles. The van der Waals surface area contributed by atoms with E-state index in [1.54, 1.807) is 0 Å². The molecule has 0 spiro atoms. The molecule has 0 radical (unpaired) electrons. The SMILES string of the molecule is Cc1cc(C(F)(F)F)nc2sc(C(N)=O)c(NC(=O)C3CC(c4c(F)cccc4Cl)=NO3)c12. The molecule has 0 fully saturated rings. The number of nitrogens with two attached hydrogens (primary N) is 1. The van der Waals surface area contributed by atoms with Crippen LogP contribution in [0.4, 0.5) is 23.2 Å². The number of primary amides is 1. The first-order valence-corrected chi connectivity index (χ1v) is 10.5. The van der Waals surface area contributed by atoms with Gasteiger partial charge in [-0.05, 0) is 30.7 Å². The van der Waals surface area contributed by atoms with Crippen molar-refractivity contribution in [2.75, 3.05) is 5.32 Å². The number of halogens is 5. The van der Waals surface area contributed by atoms with Crippen LogP contribution < -0.4 is 11.1 Å². The highest BCUT2D eigenvalue weighted by molar-refractivity contribution is 7.21. The quantitative estimate of drug-likeness (QED) is 0.509. The van der Waals surface area contributed by atoms with Gasteiger partial charge < -0.3 is 15.9 Å². The molecular weight excluding hydrogens is 488 g/mol. The third-order valence-corrected chi connectivity index (χ3v) is 6.25. The highest BCUT2D eigenvalue weighted by atomic mass is 35.5. The van der Waals surface area contributed by atoms with Gasteiger partial charge in [-0.25, -0.2) is 9.37 Å². The van der Waals surface area contributed by atoms with E-state index in [0.717, 1.165) is 6.07 Å². The van der Waals surface area contributed by atoms with Crippen LogP contribution in [0.2, 0.25) is 5.02 Å². The highest BCUT2D eigenvalue weighted by Crippen LogP contribution is 2.40. The summed E-state index contributed by atoms with van der Waals surface area (Å²) in [7, 11) is 0. The van der Waals surface area contributed by atoms with Crippen molar-refractivity contribution in [1.29, 1.82) is 0 Å². The van der Waals surface area contributed by atoms with Crippen molar-refractivity contribution >= 4 is 56.4 Å². The number of nitrogens with zero attached hydrogens (tertiary/aromatic N) is 2. The monoisotopic (exact) mass is 500 g/mol. The number of carbonyl (C=O) groups is 2. The van der Waals surface area contributed by atoms with E-state index >= 15 is 0 Å². The fourth-order valence-corrected chi connectivity index (χ4v) is 4.69. The van der Waals surface area contributed by atoms with Crippen LogP contribution in [0.3, 0.4) is 0 Å². The average molecular weight is 501 g/mol. The van der Waals surface area contributed by atoms with Gasteiger partial charge in [0.05, 0.1) is 22.0 Å². The summed E-state index contributed by atoms with van der Waals surface area (Å²) in [5, 5.41) is 6.45. The van der Waals surface area contributed by atoms with Crippen molar-refractivity contribution in [1.82, 2.24) is 4.98 Å². The van der Waals surface area contributed by atoms with Gasteiger partial charge in [0.1, 0.15) is 21.2 Å². The Hall–Kier alpha value is -3.25. The van der Waals surface area contributed by atoms with E-state index in [4.69, 9.17) is 22.2 Å². The fraction of sp³-hybridized carbons (Fsp3) is 0.200. The van der Waals surface area contributed by atoms with Crippen LogP contribution in [0.1, 0.15) is 32.9 Å². The summed E-state index contributed by atoms with van der Waals surface area (Å²) in [5.41, 5.74) is 4.39. The molecule has 0 bridgehead atoms. The Labute approximate surface area is 192 Å². The number of benzene rings is 1. The number of alkyl halides is 3. The smallest absolute Gasteiger partial charge is 0.382 e. The number of anilines is 1. The largest absolute Gasteiger partial charge is 0.433 e. The Morgan fingerprint density at radius 1 is 1.33 bits per heavy atom. The number of fused-ring (bicyclic) bond motifs is 1. The van der Waals surface area contributed by atoms with E-state index < -0.39 is 35.6 Å². The summed E-state index contributed by atoms with van der Waals surface area (Å²) in [6.45, 7) is 1.39. The summed E-state index contributed by atoms with van der Waals surface area (Å²) in [4.78, 5) is 33.2. The normalized spacial score (nSPS) is 15.9. The van der Waals surface area contributed by atoms with E-state index in [1.807, 2.05) is 0 Å². The first-order valence-electron chi connectivity index (χ1n) is 9.26. The van der Waals surface area contributed by atoms with Crippen molar-refractivity contribution in [2.45, 2.75) is 25.6 Å². The maximum absolute atomic E-state index is 14.2. The van der Waals surface area contributed by atoms with Gasteiger partial charge in [-0.15, -0.1) is 11.3 Å². The molecule has 0 saturated carbocycles. The zero-order valence-corrected chi connectivity index (χ0v) is 18.2. The van der Waals surface area contributed by atoms with E-state index in [9.17, 15) is 27.2 Å². The maximum atomic E-state index is 14.2. The van der Waals surface area contributed by atoms with Gasteiger partial charge in [0.15, 0.2) is 0 Å². The molecule has 3 N–H and O–H groups in total. The number of amides is 2. The number of pyridine rings is 1. The van der Waals surface area contributed by atoms with Gasteiger partial charge in [0.2, 0.25) is 6.10 Å². The Kier molecular flexibility index (Phi) is 5.74. The van der Waals surface area contributed by atoms with E-state index in [0.29, 0.717) is 11.3 Å². The van der Waals surface area contributed by atoms with E-state index in [2.05, 4.69) is 15.5 Å². The molecule has 13 heteroatoms. The zero-order valence-electron chi connectivity index (χ0n) is 16.6. The molecule has 0 aliphatic carbocycles. The number of oxime groups is 1. The summed E-state index contributed by atoms with van der Waals surface area (Å²) >= 11 is 6.65. The second kappa shape index (κ2) is 8.27. The van der Waals surface area contributed by atoms with Gasteiger partial charge in [-0.1, -0.05) is 22.8 Å². The summed E-state index contributed by atoms with van der Waals surface area (Å²) < 4.78 is 53.5. The van der Waals surface area contributed by atoms with E-state index in [1.165, 1.54) is 25.1 Å². The molecule has 172 valence electrons. The minimum Gasteiger partial charge on any atom is -0.382 e. The van der Waals surface area contributed by atoms with Gasteiger partial charge >= 0.3 is 6.18 Å². The third kappa shape index (κ3) is 4.23. The average Bonchev–Trinajstić information content (AvgIpc) is 3.33.